The molecule has 5 heteroatoms. The Morgan fingerprint density at radius 1 is 0.783 bits per heavy atom. The number of allylic oxidation sites excluding steroid dienone is 3. The molecule has 0 aliphatic carbocycles. The molecule has 0 aliphatic heterocycles. The Morgan fingerprint density at radius 3 is 1.74 bits per heavy atom. The van der Waals surface area contributed by atoms with Crippen LogP contribution in [0.4, 0.5) is 0 Å². The lowest BCUT2D eigenvalue weighted by molar-refractivity contribution is 0.356. The van der Waals surface area contributed by atoms with Gasteiger partial charge in [-0.05, 0) is 18.9 Å². The Bertz CT molecular complexity index is 399. The maximum absolute atomic E-state index is 10.2. The molecule has 0 aromatic heterocycles. The highest BCUT2D eigenvalue weighted by Crippen LogP contribution is 2.12. The molecule has 0 rings (SSSR count). The lowest BCUT2D eigenvalue weighted by Gasteiger charge is -2.02. The second kappa shape index (κ2) is 16.1. The van der Waals surface area contributed by atoms with Crippen molar-refractivity contribution in [3.05, 3.63) is 24.5 Å². The van der Waals surface area contributed by atoms with Crippen LogP contribution in [0, 0.1) is 0 Å². The molecule has 0 atom stereocenters. The fraction of sp³-hybridized carbons (Fsp3) is 0.778. The van der Waals surface area contributed by atoms with Gasteiger partial charge in [0.05, 0.1) is 0 Å². The SMILES string of the molecule is CCCCCCCCCCCCCC/C=C/C=C/OS(=O)(=O)O. The molecule has 0 unspecified atom stereocenters. The summed E-state index contributed by atoms with van der Waals surface area (Å²) in [6, 6.07) is 0. The van der Waals surface area contributed by atoms with E-state index in [2.05, 4.69) is 11.1 Å². The zero-order chi connectivity index (χ0) is 17.2. The van der Waals surface area contributed by atoms with Crippen LogP contribution in [0.25, 0.3) is 0 Å². The van der Waals surface area contributed by atoms with Crippen molar-refractivity contribution in [2.24, 2.45) is 0 Å². The van der Waals surface area contributed by atoms with Crippen molar-refractivity contribution in [2.45, 2.75) is 90.4 Å². The predicted octanol–water partition coefficient (Wildman–Crippen LogP) is 5.97. The number of unbranched alkanes of at least 4 members (excludes halogenated alkanes) is 12. The van der Waals surface area contributed by atoms with Crippen LogP contribution in [0.5, 0.6) is 0 Å². The minimum atomic E-state index is -4.37. The lowest BCUT2D eigenvalue weighted by Crippen LogP contribution is -1.96. The molecule has 0 saturated heterocycles. The molecular weight excluding hydrogens is 312 g/mol. The first-order valence-electron chi connectivity index (χ1n) is 9.03. The molecule has 0 aliphatic rings. The first-order valence-corrected chi connectivity index (χ1v) is 10.4. The molecule has 136 valence electrons. The van der Waals surface area contributed by atoms with Gasteiger partial charge in [-0.1, -0.05) is 89.7 Å². The normalized spacial score (nSPS) is 12.4. The fourth-order valence-corrected chi connectivity index (χ4v) is 2.63. The van der Waals surface area contributed by atoms with Crippen LogP contribution in [0.2, 0.25) is 0 Å². The van der Waals surface area contributed by atoms with Crippen LogP contribution in [0.15, 0.2) is 24.5 Å². The summed E-state index contributed by atoms with van der Waals surface area (Å²) in [6.45, 7) is 2.25. The van der Waals surface area contributed by atoms with Crippen molar-refractivity contribution in [1.82, 2.24) is 0 Å². The van der Waals surface area contributed by atoms with E-state index in [1.54, 1.807) is 6.08 Å². The topological polar surface area (TPSA) is 63.6 Å². The van der Waals surface area contributed by atoms with Gasteiger partial charge in [0, 0.05) is 0 Å². The molecule has 0 amide bonds. The van der Waals surface area contributed by atoms with Crippen LogP contribution in [0.3, 0.4) is 0 Å². The van der Waals surface area contributed by atoms with Crippen molar-refractivity contribution < 1.29 is 17.2 Å². The van der Waals surface area contributed by atoms with Gasteiger partial charge in [-0.25, -0.2) is 0 Å². The largest absolute Gasteiger partial charge is 0.445 e. The van der Waals surface area contributed by atoms with Gasteiger partial charge >= 0.3 is 10.4 Å². The molecule has 0 spiro atoms. The van der Waals surface area contributed by atoms with E-state index < -0.39 is 10.4 Å². The number of rotatable bonds is 16. The van der Waals surface area contributed by atoms with E-state index in [0.29, 0.717) is 0 Å². The Morgan fingerprint density at radius 2 is 1.26 bits per heavy atom. The predicted molar refractivity (Wildman–Crippen MR) is 96.6 cm³/mol. The molecule has 0 heterocycles. The third-order valence-electron chi connectivity index (χ3n) is 3.73. The van der Waals surface area contributed by atoms with Gasteiger partial charge in [-0.2, -0.15) is 8.42 Å². The summed E-state index contributed by atoms with van der Waals surface area (Å²) in [6.07, 6.45) is 23.2. The Labute approximate surface area is 143 Å². The van der Waals surface area contributed by atoms with Gasteiger partial charge < -0.3 is 4.18 Å². The van der Waals surface area contributed by atoms with Crippen molar-refractivity contribution >= 4 is 10.4 Å². The molecule has 0 fully saturated rings. The molecule has 0 aromatic carbocycles. The van der Waals surface area contributed by atoms with Gasteiger partial charge in [-0.15, -0.1) is 0 Å². The first-order chi connectivity index (χ1) is 11.1. The van der Waals surface area contributed by atoms with Crippen molar-refractivity contribution in [3.63, 3.8) is 0 Å². The van der Waals surface area contributed by atoms with Gasteiger partial charge in [-0.3, -0.25) is 4.55 Å². The van der Waals surface area contributed by atoms with E-state index >= 15 is 0 Å². The smallest absolute Gasteiger partial charge is 0.370 e. The van der Waals surface area contributed by atoms with Crippen LogP contribution >= 0.6 is 0 Å². The van der Waals surface area contributed by atoms with E-state index in [9.17, 15) is 8.42 Å². The summed E-state index contributed by atoms with van der Waals surface area (Å²) in [5, 5.41) is 0. The monoisotopic (exact) mass is 346 g/mol. The summed E-state index contributed by atoms with van der Waals surface area (Å²) < 4.78 is 32.9. The molecule has 23 heavy (non-hydrogen) atoms. The summed E-state index contributed by atoms with van der Waals surface area (Å²) in [7, 11) is -4.37. The maximum Gasteiger partial charge on any atom is 0.445 e. The van der Waals surface area contributed by atoms with Gasteiger partial charge in [0.15, 0.2) is 0 Å². The van der Waals surface area contributed by atoms with E-state index in [1.807, 2.05) is 6.08 Å². The second-order valence-corrected chi connectivity index (χ2v) is 7.01. The average molecular weight is 347 g/mol. The molecule has 0 aromatic rings. The first kappa shape index (κ1) is 22.2. The zero-order valence-corrected chi connectivity index (χ0v) is 15.4. The highest BCUT2D eigenvalue weighted by Gasteiger charge is 1.97. The molecule has 4 nitrogen and oxygen atoms in total. The molecule has 0 radical (unpaired) electrons. The molecule has 1 N–H and O–H groups in total. The highest BCUT2D eigenvalue weighted by atomic mass is 32.3. The second-order valence-electron chi connectivity index (χ2n) is 5.96. The summed E-state index contributed by atoms with van der Waals surface area (Å²) in [5.41, 5.74) is 0. The van der Waals surface area contributed by atoms with Crippen LogP contribution in [-0.2, 0) is 14.6 Å². The average Bonchev–Trinajstić information content (AvgIpc) is 2.49. The van der Waals surface area contributed by atoms with E-state index in [-0.39, 0.29) is 0 Å². The Balaban J connectivity index is 3.21. The van der Waals surface area contributed by atoms with Crippen LogP contribution in [-0.4, -0.2) is 13.0 Å². The maximum atomic E-state index is 10.2. The third kappa shape index (κ3) is 21.2. The third-order valence-corrected chi connectivity index (χ3v) is 4.08. The fourth-order valence-electron chi connectivity index (χ4n) is 2.43. The minimum Gasteiger partial charge on any atom is -0.370 e. The zero-order valence-electron chi connectivity index (χ0n) is 14.6. The Hall–Kier alpha value is -0.810. The summed E-state index contributed by atoms with van der Waals surface area (Å²) in [4.78, 5) is 0. The molecular formula is C18H34O4S. The van der Waals surface area contributed by atoms with Crippen molar-refractivity contribution in [3.8, 4) is 0 Å². The van der Waals surface area contributed by atoms with E-state index in [0.717, 1.165) is 19.1 Å². The van der Waals surface area contributed by atoms with Crippen molar-refractivity contribution in [2.75, 3.05) is 0 Å². The summed E-state index contributed by atoms with van der Waals surface area (Å²) >= 11 is 0. The standard InChI is InChI=1S/C18H34O4S/c1-2-3-4-5-6-7-8-9-10-11-12-13-14-15-16-17-18-22-23(19,20)21/h15-18H,2-14H2,1H3,(H,19,20,21)/b16-15+,18-17+. The van der Waals surface area contributed by atoms with Crippen LogP contribution < -0.4 is 0 Å². The summed E-state index contributed by atoms with van der Waals surface area (Å²) in [5.74, 6) is 0. The quantitative estimate of drug-likeness (QED) is 0.162. The number of hydrogen-bond donors (Lipinski definition) is 1. The van der Waals surface area contributed by atoms with Crippen LogP contribution in [0.1, 0.15) is 90.4 Å². The molecule has 0 bridgehead atoms. The van der Waals surface area contributed by atoms with Gasteiger partial charge in [0.2, 0.25) is 0 Å². The highest BCUT2D eigenvalue weighted by molar-refractivity contribution is 7.81. The lowest BCUT2D eigenvalue weighted by atomic mass is 10.0. The molecule has 0 saturated carbocycles. The van der Waals surface area contributed by atoms with E-state index in [1.165, 1.54) is 76.7 Å². The van der Waals surface area contributed by atoms with Gasteiger partial charge in [0.1, 0.15) is 6.26 Å². The van der Waals surface area contributed by atoms with Gasteiger partial charge in [0.25, 0.3) is 0 Å². The number of hydrogen-bond acceptors (Lipinski definition) is 3. The Kier molecular flexibility index (Phi) is 15.5. The minimum absolute atomic E-state index is 0.952. The van der Waals surface area contributed by atoms with E-state index in [4.69, 9.17) is 4.55 Å². The van der Waals surface area contributed by atoms with Crippen molar-refractivity contribution in [1.29, 1.82) is 0 Å².